The summed E-state index contributed by atoms with van der Waals surface area (Å²) in [4.78, 5) is 0. The van der Waals surface area contributed by atoms with Crippen molar-refractivity contribution in [2.24, 2.45) is 0 Å². The number of benzene rings is 2. The fraction of sp³-hybridized carbons (Fsp3) is 0.286. The Kier molecular flexibility index (Phi) is 3.06. The van der Waals surface area contributed by atoms with E-state index in [1.165, 1.54) is 6.07 Å². The Bertz CT molecular complexity index is 744. The molecule has 0 saturated carbocycles. The highest BCUT2D eigenvalue weighted by Gasteiger charge is 2.24. The van der Waals surface area contributed by atoms with Crippen molar-refractivity contribution in [2.45, 2.75) is 19.8 Å². The number of anilines is 1. The topological polar surface area (TPSA) is 35.2 Å². The second-order valence-electron chi connectivity index (χ2n) is 4.64. The zero-order chi connectivity index (χ0) is 16.8. The fourth-order valence-corrected chi connectivity index (χ4v) is 2.13. The summed E-state index contributed by atoms with van der Waals surface area (Å²) in [5, 5.41) is -0.649. The van der Waals surface area contributed by atoms with E-state index in [2.05, 4.69) is 4.74 Å². The molecule has 0 saturated heterocycles. The molecule has 0 spiro atoms. The van der Waals surface area contributed by atoms with Gasteiger partial charge >= 0.3 is 0 Å². The number of hydrogen-bond acceptors (Lipinski definition) is 2. The first kappa shape index (κ1) is 11.8. The summed E-state index contributed by atoms with van der Waals surface area (Å²) < 4.78 is 72.5. The molecule has 0 bridgehead atoms. The van der Waals surface area contributed by atoms with E-state index < -0.39 is 35.4 Å². The summed E-state index contributed by atoms with van der Waals surface area (Å²) in [7, 11) is 0. The molecule has 2 N–H and O–H groups in total. The van der Waals surface area contributed by atoms with E-state index in [4.69, 9.17) is 8.48 Å². The summed E-state index contributed by atoms with van der Waals surface area (Å²) in [5.41, 5.74) is 6.02. The molecular weight excluding hydrogens is 274 g/mol. The summed E-state index contributed by atoms with van der Waals surface area (Å²) in [6, 6.07) is 2.45. The molecule has 2 aromatic carbocycles. The smallest absolute Gasteiger partial charge is 0.228 e. The molecule has 0 unspecified atom stereocenters. The number of rotatable bonds is 3. The number of fused-ring (bicyclic) bond motifs is 1. The number of nitrogen functional groups attached to an aromatic ring is 1. The predicted molar refractivity (Wildman–Crippen MR) is 68.9 cm³/mol. The summed E-state index contributed by atoms with van der Waals surface area (Å²) in [6.45, 7) is -0.393. The van der Waals surface area contributed by atoms with E-state index >= 15 is 0 Å². The molecule has 0 heterocycles. The Morgan fingerprint density at radius 2 is 1.85 bits per heavy atom. The van der Waals surface area contributed by atoms with E-state index in [1.807, 2.05) is 0 Å². The number of hydrogen-bond donors (Lipinski definition) is 1. The van der Waals surface area contributed by atoms with E-state index in [0.717, 1.165) is 6.07 Å². The largest absolute Gasteiger partial charge is 0.459 e. The van der Waals surface area contributed by atoms with Gasteiger partial charge in [-0.15, -0.1) is 0 Å². The SMILES string of the molecule is [2H]C([2H])(F)Oc1c(F)c(F)c(F)c2cc(N)cc(C(C)C)c12. The standard InChI is InChI=1S/C14H13F4NO/c1-6(2)8-3-7(19)4-9-10(8)14(20-5-15)13(18)12(17)11(9)16/h3-4,6H,5,19H2,1-2H3/i5D2. The maximum absolute atomic E-state index is 14.0. The van der Waals surface area contributed by atoms with Crippen molar-refractivity contribution in [3.63, 3.8) is 0 Å². The van der Waals surface area contributed by atoms with E-state index in [-0.39, 0.29) is 22.6 Å². The highest BCUT2D eigenvalue weighted by Crippen LogP contribution is 2.39. The van der Waals surface area contributed by atoms with Crippen LogP contribution in [0, 0.1) is 17.5 Å². The highest BCUT2D eigenvalue weighted by atomic mass is 19.2. The van der Waals surface area contributed by atoms with Gasteiger partial charge in [0.2, 0.25) is 12.6 Å². The summed E-state index contributed by atoms with van der Waals surface area (Å²) >= 11 is 0. The minimum Gasteiger partial charge on any atom is -0.459 e. The van der Waals surface area contributed by atoms with Gasteiger partial charge in [-0.3, -0.25) is 0 Å². The molecule has 0 radical (unpaired) electrons. The molecule has 20 heavy (non-hydrogen) atoms. The Labute approximate surface area is 115 Å². The van der Waals surface area contributed by atoms with Crippen LogP contribution in [0.15, 0.2) is 12.1 Å². The highest BCUT2D eigenvalue weighted by molar-refractivity contribution is 5.95. The van der Waals surface area contributed by atoms with Crippen molar-refractivity contribution in [1.82, 2.24) is 0 Å². The third-order valence-electron chi connectivity index (χ3n) is 3.00. The normalized spacial score (nSPS) is 13.6. The summed E-state index contributed by atoms with van der Waals surface area (Å²) in [6.07, 6.45) is 0. The van der Waals surface area contributed by atoms with E-state index in [0.29, 0.717) is 0 Å². The lowest BCUT2D eigenvalue weighted by Gasteiger charge is -2.16. The number of alkyl halides is 1. The minimum atomic E-state index is -3.76. The zero-order valence-electron chi connectivity index (χ0n) is 12.7. The lowest BCUT2D eigenvalue weighted by molar-refractivity contribution is 0.184. The third kappa shape index (κ3) is 2.15. The number of ether oxygens (including phenoxy) is 1. The predicted octanol–water partition coefficient (Wildman–Crippen LogP) is 4.27. The van der Waals surface area contributed by atoms with Crippen LogP contribution in [0.2, 0.25) is 0 Å². The average Bonchev–Trinajstić information content (AvgIpc) is 2.39. The van der Waals surface area contributed by atoms with Crippen molar-refractivity contribution in [1.29, 1.82) is 0 Å². The van der Waals surface area contributed by atoms with Gasteiger partial charge in [0.1, 0.15) is 2.74 Å². The third-order valence-corrected chi connectivity index (χ3v) is 3.00. The molecule has 0 aliphatic rings. The van der Waals surface area contributed by atoms with Gasteiger partial charge in [0.05, 0.1) is 0 Å². The van der Waals surface area contributed by atoms with E-state index in [1.54, 1.807) is 13.8 Å². The first-order valence-corrected chi connectivity index (χ1v) is 5.80. The van der Waals surface area contributed by atoms with E-state index in [9.17, 15) is 17.6 Å². The van der Waals surface area contributed by atoms with Gasteiger partial charge in [-0.1, -0.05) is 13.8 Å². The lowest BCUT2D eigenvalue weighted by atomic mass is 9.94. The average molecular weight is 289 g/mol. The molecule has 2 nitrogen and oxygen atoms in total. The van der Waals surface area contributed by atoms with Crippen LogP contribution in [-0.4, -0.2) is 6.81 Å². The molecular formula is C14H13F4NO. The fourth-order valence-electron chi connectivity index (χ4n) is 2.13. The second kappa shape index (κ2) is 5.19. The van der Waals surface area contributed by atoms with Crippen molar-refractivity contribution in [2.75, 3.05) is 12.5 Å². The minimum absolute atomic E-state index is 0.107. The molecule has 0 aliphatic carbocycles. The molecule has 0 aliphatic heterocycles. The van der Waals surface area contributed by atoms with Gasteiger partial charge in [-0.05, 0) is 23.6 Å². The van der Waals surface area contributed by atoms with Crippen LogP contribution in [0.25, 0.3) is 10.8 Å². The molecule has 0 aromatic heterocycles. The second-order valence-corrected chi connectivity index (χ2v) is 4.64. The summed E-state index contributed by atoms with van der Waals surface area (Å²) in [5.74, 6) is -6.49. The van der Waals surface area contributed by atoms with Crippen molar-refractivity contribution in [3.8, 4) is 5.75 Å². The van der Waals surface area contributed by atoms with Gasteiger partial charge in [0, 0.05) is 16.5 Å². The van der Waals surface area contributed by atoms with Crippen LogP contribution in [0.4, 0.5) is 23.2 Å². The van der Waals surface area contributed by atoms with Crippen molar-refractivity contribution in [3.05, 3.63) is 35.1 Å². The molecule has 2 aromatic rings. The van der Waals surface area contributed by atoms with Crippen LogP contribution >= 0.6 is 0 Å². The molecule has 0 fully saturated rings. The maximum atomic E-state index is 14.0. The van der Waals surface area contributed by atoms with Crippen LogP contribution in [0.3, 0.4) is 0 Å². The monoisotopic (exact) mass is 289 g/mol. The van der Waals surface area contributed by atoms with Crippen molar-refractivity contribution < 1.29 is 25.0 Å². The lowest BCUT2D eigenvalue weighted by Crippen LogP contribution is -2.04. The Balaban J connectivity index is 2.98. The quantitative estimate of drug-likeness (QED) is 0.520. The number of nitrogens with two attached hydrogens (primary N) is 1. The first-order chi connectivity index (χ1) is 10.0. The molecule has 0 amide bonds. The Hall–Kier alpha value is -1.98. The van der Waals surface area contributed by atoms with Crippen LogP contribution in [-0.2, 0) is 0 Å². The Morgan fingerprint density at radius 3 is 2.40 bits per heavy atom. The van der Waals surface area contributed by atoms with Crippen LogP contribution < -0.4 is 10.5 Å². The van der Waals surface area contributed by atoms with Gasteiger partial charge in [-0.2, -0.15) is 4.39 Å². The molecule has 0 atom stereocenters. The van der Waals surface area contributed by atoms with Gasteiger partial charge in [0.25, 0.3) is 0 Å². The van der Waals surface area contributed by atoms with Gasteiger partial charge in [-0.25, -0.2) is 13.2 Å². The molecule has 108 valence electrons. The van der Waals surface area contributed by atoms with Gasteiger partial charge in [0.15, 0.2) is 17.4 Å². The van der Waals surface area contributed by atoms with Crippen molar-refractivity contribution >= 4 is 16.5 Å². The number of halogens is 4. The van der Waals surface area contributed by atoms with Crippen LogP contribution in [0.1, 0.15) is 28.1 Å². The first-order valence-electron chi connectivity index (χ1n) is 6.80. The Morgan fingerprint density at radius 1 is 1.20 bits per heavy atom. The molecule has 6 heteroatoms. The zero-order valence-corrected chi connectivity index (χ0v) is 10.7. The maximum Gasteiger partial charge on any atom is 0.228 e. The molecule has 2 rings (SSSR count). The van der Waals surface area contributed by atoms with Gasteiger partial charge < -0.3 is 10.5 Å². The van der Waals surface area contributed by atoms with Crippen LogP contribution in [0.5, 0.6) is 5.75 Å².